The summed E-state index contributed by atoms with van der Waals surface area (Å²) in [4.78, 5) is 24.0. The van der Waals surface area contributed by atoms with Gasteiger partial charge in [-0.05, 0) is 54.8 Å². The Labute approximate surface area is 156 Å². The summed E-state index contributed by atoms with van der Waals surface area (Å²) in [6, 6.07) is 5.59. The topological polar surface area (TPSA) is 80.6 Å². The minimum absolute atomic E-state index is 0.0538. The Morgan fingerprint density at radius 2 is 1.93 bits per heavy atom. The van der Waals surface area contributed by atoms with Crippen molar-refractivity contribution in [3.8, 4) is 0 Å². The molecule has 2 aromatic rings. The fraction of sp³-hybridized carbons (Fsp3) is 0.294. The van der Waals surface area contributed by atoms with E-state index >= 15 is 0 Å². The largest absolute Gasteiger partial charge is 0.440 e. The Hall–Kier alpha value is -2.52. The maximum atomic E-state index is 13.4. The first kappa shape index (κ1) is 19.2. The lowest BCUT2D eigenvalue weighted by atomic mass is 10.1. The number of hydrogen-bond donors (Lipinski definition) is 2. The zero-order valence-corrected chi connectivity index (χ0v) is 14.5. The first-order chi connectivity index (χ1) is 12.7. The molecule has 0 saturated carbocycles. The predicted octanol–water partition coefficient (Wildman–Crippen LogP) is 4.32. The normalized spacial score (nSPS) is 17.0. The summed E-state index contributed by atoms with van der Waals surface area (Å²) >= 11 is 5.56. The minimum atomic E-state index is -4.76. The van der Waals surface area contributed by atoms with E-state index in [-0.39, 0.29) is 16.7 Å². The zero-order chi connectivity index (χ0) is 19.6. The van der Waals surface area contributed by atoms with E-state index in [4.69, 9.17) is 20.8 Å². The molecular formula is C17H14ClF3N2O4. The Balaban J connectivity index is 1.81. The maximum Gasteiger partial charge on any atom is 0.418 e. The molecule has 144 valence electrons. The van der Waals surface area contributed by atoms with Gasteiger partial charge in [0, 0.05) is 12.3 Å². The smallest absolute Gasteiger partial charge is 0.418 e. The van der Waals surface area contributed by atoms with E-state index in [0.29, 0.717) is 19.4 Å². The molecule has 10 heteroatoms. The van der Waals surface area contributed by atoms with Crippen LogP contribution >= 0.6 is 11.6 Å². The lowest BCUT2D eigenvalue weighted by molar-refractivity contribution is -0.137. The van der Waals surface area contributed by atoms with Crippen LogP contribution in [-0.4, -0.2) is 24.5 Å². The molecule has 1 aliphatic rings. The summed E-state index contributed by atoms with van der Waals surface area (Å²) in [5.41, 5.74) is -1.64. The molecular weight excluding hydrogens is 389 g/mol. The molecule has 3 rings (SSSR count). The highest BCUT2D eigenvalue weighted by atomic mass is 35.5. The van der Waals surface area contributed by atoms with E-state index in [9.17, 15) is 22.8 Å². The molecule has 0 radical (unpaired) electrons. The van der Waals surface area contributed by atoms with Gasteiger partial charge in [-0.2, -0.15) is 13.2 Å². The summed E-state index contributed by atoms with van der Waals surface area (Å²) in [6.45, 7) is 0.438. The van der Waals surface area contributed by atoms with E-state index in [1.165, 1.54) is 18.2 Å². The van der Waals surface area contributed by atoms with Crippen LogP contribution in [0.25, 0.3) is 0 Å². The van der Waals surface area contributed by atoms with Gasteiger partial charge in [0.25, 0.3) is 11.8 Å². The molecule has 0 aliphatic carbocycles. The van der Waals surface area contributed by atoms with Gasteiger partial charge in [0.05, 0.1) is 11.3 Å². The standard InChI is InChI=1S/C17H14ClF3N2O4/c18-14-6-5-13(27-14)16(25)23-11-4-3-9(8-10(11)17(19,20)21)22-15(24)12-2-1-7-26-12/h3-6,8,12H,1-2,7H2,(H,22,24)(H,23,25). The van der Waals surface area contributed by atoms with Crippen LogP contribution in [0.15, 0.2) is 34.7 Å². The monoisotopic (exact) mass is 402 g/mol. The Kier molecular flexibility index (Phi) is 5.43. The first-order valence-corrected chi connectivity index (χ1v) is 8.32. The fourth-order valence-corrected chi connectivity index (χ4v) is 2.74. The molecule has 1 fully saturated rings. The average Bonchev–Trinajstić information content (AvgIpc) is 3.26. The SMILES string of the molecule is O=C(Nc1ccc(NC(=O)C2CCCO2)cc1C(F)(F)F)c1ccc(Cl)o1. The third kappa shape index (κ3) is 4.61. The zero-order valence-electron chi connectivity index (χ0n) is 13.7. The van der Waals surface area contributed by atoms with Crippen LogP contribution in [0.4, 0.5) is 24.5 Å². The van der Waals surface area contributed by atoms with Gasteiger partial charge in [0.2, 0.25) is 0 Å². The van der Waals surface area contributed by atoms with Crippen LogP contribution in [0.2, 0.25) is 5.22 Å². The van der Waals surface area contributed by atoms with Crippen molar-refractivity contribution < 1.29 is 31.9 Å². The van der Waals surface area contributed by atoms with Gasteiger partial charge in [0.1, 0.15) is 6.10 Å². The van der Waals surface area contributed by atoms with Gasteiger partial charge in [-0.15, -0.1) is 0 Å². The molecule has 1 aliphatic heterocycles. The molecule has 2 N–H and O–H groups in total. The molecule has 2 amide bonds. The third-order valence-electron chi connectivity index (χ3n) is 3.86. The highest BCUT2D eigenvalue weighted by Crippen LogP contribution is 2.37. The lowest BCUT2D eigenvalue weighted by Crippen LogP contribution is -2.27. The number of hydrogen-bond acceptors (Lipinski definition) is 4. The van der Waals surface area contributed by atoms with Crippen LogP contribution in [0.5, 0.6) is 0 Å². The maximum absolute atomic E-state index is 13.4. The molecule has 0 bridgehead atoms. The number of alkyl halides is 3. The first-order valence-electron chi connectivity index (χ1n) is 7.94. The van der Waals surface area contributed by atoms with Crippen LogP contribution in [0.1, 0.15) is 29.0 Å². The second-order valence-corrected chi connectivity index (χ2v) is 6.18. The van der Waals surface area contributed by atoms with Crippen molar-refractivity contribution in [3.05, 3.63) is 46.9 Å². The summed E-state index contributed by atoms with van der Waals surface area (Å²) < 4.78 is 50.2. The number of benzene rings is 1. The van der Waals surface area contributed by atoms with Gasteiger partial charge < -0.3 is 19.8 Å². The highest BCUT2D eigenvalue weighted by Gasteiger charge is 2.35. The van der Waals surface area contributed by atoms with Gasteiger partial charge >= 0.3 is 6.18 Å². The lowest BCUT2D eigenvalue weighted by Gasteiger charge is -2.16. The van der Waals surface area contributed by atoms with Crippen molar-refractivity contribution in [1.29, 1.82) is 0 Å². The number of rotatable bonds is 4. The van der Waals surface area contributed by atoms with Gasteiger partial charge in [-0.25, -0.2) is 0 Å². The molecule has 2 heterocycles. The fourth-order valence-electron chi connectivity index (χ4n) is 2.59. The third-order valence-corrected chi connectivity index (χ3v) is 4.06. The molecule has 1 unspecified atom stereocenters. The number of anilines is 2. The summed E-state index contributed by atoms with van der Waals surface area (Å²) in [7, 11) is 0. The van der Waals surface area contributed by atoms with Crippen molar-refractivity contribution in [2.45, 2.75) is 25.1 Å². The number of amides is 2. The van der Waals surface area contributed by atoms with Crippen molar-refractivity contribution in [2.75, 3.05) is 17.2 Å². The molecule has 27 heavy (non-hydrogen) atoms. The van der Waals surface area contributed by atoms with Crippen LogP contribution < -0.4 is 10.6 Å². The molecule has 6 nitrogen and oxygen atoms in total. The predicted molar refractivity (Wildman–Crippen MR) is 90.7 cm³/mol. The number of carbonyl (C=O) groups is 2. The Morgan fingerprint density at radius 3 is 2.52 bits per heavy atom. The van der Waals surface area contributed by atoms with Crippen LogP contribution in [-0.2, 0) is 15.7 Å². The van der Waals surface area contributed by atoms with Crippen LogP contribution in [0, 0.1) is 0 Å². The number of furan rings is 1. The van der Waals surface area contributed by atoms with Crippen molar-refractivity contribution in [3.63, 3.8) is 0 Å². The van der Waals surface area contributed by atoms with E-state index in [1.54, 1.807) is 0 Å². The number of nitrogens with one attached hydrogen (secondary N) is 2. The molecule has 1 aromatic heterocycles. The second-order valence-electron chi connectivity index (χ2n) is 5.81. The summed E-state index contributed by atoms with van der Waals surface area (Å²) in [5, 5.41) is 4.47. The van der Waals surface area contributed by atoms with E-state index in [0.717, 1.165) is 12.1 Å². The van der Waals surface area contributed by atoms with Crippen LogP contribution in [0.3, 0.4) is 0 Å². The van der Waals surface area contributed by atoms with Gasteiger partial charge in [0.15, 0.2) is 11.0 Å². The second kappa shape index (κ2) is 7.61. The van der Waals surface area contributed by atoms with Gasteiger partial charge in [-0.3, -0.25) is 9.59 Å². The molecule has 1 atom stereocenters. The summed E-state index contributed by atoms with van der Waals surface area (Å²) in [6.07, 6.45) is -4.21. The molecule has 1 aromatic carbocycles. The number of ether oxygens (including phenoxy) is 1. The minimum Gasteiger partial charge on any atom is -0.440 e. The Bertz CT molecular complexity index is 860. The summed E-state index contributed by atoms with van der Waals surface area (Å²) in [5.74, 6) is -1.63. The molecule has 1 saturated heterocycles. The number of halogens is 4. The average molecular weight is 403 g/mol. The highest BCUT2D eigenvalue weighted by molar-refractivity contribution is 6.29. The van der Waals surface area contributed by atoms with E-state index in [2.05, 4.69) is 10.6 Å². The van der Waals surface area contributed by atoms with Crippen molar-refractivity contribution in [2.24, 2.45) is 0 Å². The Morgan fingerprint density at radius 1 is 1.15 bits per heavy atom. The van der Waals surface area contributed by atoms with E-state index < -0.39 is 35.3 Å². The number of carbonyl (C=O) groups excluding carboxylic acids is 2. The van der Waals surface area contributed by atoms with Crippen molar-refractivity contribution in [1.82, 2.24) is 0 Å². The molecule has 0 spiro atoms. The van der Waals surface area contributed by atoms with E-state index in [1.807, 2.05) is 0 Å². The quantitative estimate of drug-likeness (QED) is 0.798. The van der Waals surface area contributed by atoms with Crippen molar-refractivity contribution >= 4 is 34.8 Å². The van der Waals surface area contributed by atoms with Gasteiger partial charge in [-0.1, -0.05) is 0 Å².